The lowest BCUT2D eigenvalue weighted by atomic mass is 10.1. The van der Waals surface area contributed by atoms with Gasteiger partial charge in [-0.1, -0.05) is 18.2 Å². The topological polar surface area (TPSA) is 55.9 Å². The van der Waals surface area contributed by atoms with Gasteiger partial charge < -0.3 is 15.1 Å². The average Bonchev–Trinajstić information content (AvgIpc) is 2.93. The van der Waals surface area contributed by atoms with Gasteiger partial charge in [0.15, 0.2) is 0 Å². The Kier molecular flexibility index (Phi) is 4.61. The van der Waals surface area contributed by atoms with E-state index >= 15 is 0 Å². The molecule has 1 aromatic carbocycles. The Hall–Kier alpha value is -2.08. The highest BCUT2D eigenvalue weighted by molar-refractivity contribution is 5.80. The van der Waals surface area contributed by atoms with Gasteiger partial charge in [0.25, 0.3) is 0 Å². The lowest BCUT2D eigenvalue weighted by Crippen LogP contribution is -2.52. The maximum Gasteiger partial charge on any atom is 0.236 e. The summed E-state index contributed by atoms with van der Waals surface area (Å²) >= 11 is 0. The molecule has 3 aliphatic rings. The van der Waals surface area contributed by atoms with E-state index in [1.165, 1.54) is 5.69 Å². The second-order valence-corrected chi connectivity index (χ2v) is 7.27. The highest BCUT2D eigenvalue weighted by Gasteiger charge is 2.39. The summed E-state index contributed by atoms with van der Waals surface area (Å²) in [5, 5.41) is 2.97. The zero-order chi connectivity index (χ0) is 17.2. The van der Waals surface area contributed by atoms with Crippen LogP contribution in [0.1, 0.15) is 19.3 Å². The number of benzene rings is 1. The minimum Gasteiger partial charge on any atom is -0.368 e. The van der Waals surface area contributed by atoms with Crippen molar-refractivity contribution in [3.8, 4) is 0 Å². The molecular weight excluding hydrogens is 316 g/mol. The fourth-order valence-electron chi connectivity index (χ4n) is 4.34. The van der Waals surface area contributed by atoms with Crippen LogP contribution in [0.25, 0.3) is 0 Å². The lowest BCUT2D eigenvalue weighted by molar-refractivity contribution is -0.133. The van der Waals surface area contributed by atoms with Crippen molar-refractivity contribution in [2.24, 2.45) is 0 Å². The summed E-state index contributed by atoms with van der Waals surface area (Å²) in [4.78, 5) is 31.1. The number of para-hydroxylation sites is 1. The van der Waals surface area contributed by atoms with E-state index in [-0.39, 0.29) is 17.9 Å². The summed E-state index contributed by atoms with van der Waals surface area (Å²) in [6.07, 6.45) is 2.65. The van der Waals surface area contributed by atoms with Gasteiger partial charge in [-0.05, 0) is 25.0 Å². The summed E-state index contributed by atoms with van der Waals surface area (Å²) in [7, 11) is 0. The lowest BCUT2D eigenvalue weighted by Gasteiger charge is -2.37. The number of carbonyl (C=O) groups is 2. The van der Waals surface area contributed by atoms with Crippen LogP contribution >= 0.6 is 0 Å². The molecule has 3 heterocycles. The van der Waals surface area contributed by atoms with Crippen molar-refractivity contribution in [1.82, 2.24) is 15.1 Å². The Morgan fingerprint density at radius 3 is 2.52 bits per heavy atom. The number of hydrogen-bond donors (Lipinski definition) is 1. The van der Waals surface area contributed by atoms with Gasteiger partial charge in [-0.15, -0.1) is 0 Å². The SMILES string of the molecule is O=C1C[C@H]2CC[C@@H](CN1)N2CC(=O)N1CCN(c2ccccc2)CC1. The third-order valence-electron chi connectivity index (χ3n) is 5.80. The number of nitrogens with one attached hydrogen (secondary N) is 1. The molecule has 6 heteroatoms. The van der Waals surface area contributed by atoms with E-state index in [1.54, 1.807) is 0 Å². The van der Waals surface area contributed by atoms with Crippen molar-refractivity contribution >= 4 is 17.5 Å². The number of nitrogens with zero attached hydrogens (tertiary/aromatic N) is 3. The van der Waals surface area contributed by atoms with E-state index in [9.17, 15) is 9.59 Å². The molecule has 1 N–H and O–H groups in total. The molecule has 0 unspecified atom stereocenters. The molecule has 0 radical (unpaired) electrons. The van der Waals surface area contributed by atoms with Crippen molar-refractivity contribution in [2.45, 2.75) is 31.3 Å². The van der Waals surface area contributed by atoms with Crippen LogP contribution in [0, 0.1) is 0 Å². The van der Waals surface area contributed by atoms with Crippen molar-refractivity contribution < 1.29 is 9.59 Å². The van der Waals surface area contributed by atoms with Crippen LogP contribution in [0.2, 0.25) is 0 Å². The van der Waals surface area contributed by atoms with Crippen LogP contribution in [-0.2, 0) is 9.59 Å². The fourth-order valence-corrected chi connectivity index (χ4v) is 4.34. The predicted molar refractivity (Wildman–Crippen MR) is 96.4 cm³/mol. The van der Waals surface area contributed by atoms with Crippen LogP contribution in [0.3, 0.4) is 0 Å². The molecule has 0 aromatic heterocycles. The standard InChI is InChI=1S/C19H26N4O2/c24-18-12-16-6-7-17(13-20-18)23(16)14-19(25)22-10-8-21(9-11-22)15-4-2-1-3-5-15/h1-5,16-17H,6-14H2,(H,20,24)/t16-,17+/m1/s1. The van der Waals surface area contributed by atoms with Gasteiger partial charge in [0.05, 0.1) is 6.54 Å². The van der Waals surface area contributed by atoms with Crippen molar-refractivity contribution in [1.29, 1.82) is 0 Å². The number of anilines is 1. The van der Waals surface area contributed by atoms with Crippen molar-refractivity contribution in [3.63, 3.8) is 0 Å². The molecule has 6 nitrogen and oxygen atoms in total. The molecule has 0 spiro atoms. The van der Waals surface area contributed by atoms with E-state index in [4.69, 9.17) is 0 Å². The molecule has 2 atom stereocenters. The Morgan fingerprint density at radius 1 is 1.04 bits per heavy atom. The third-order valence-corrected chi connectivity index (χ3v) is 5.80. The molecular formula is C19H26N4O2. The van der Waals surface area contributed by atoms with E-state index in [0.29, 0.717) is 25.6 Å². The number of amides is 2. The first-order valence-electron chi connectivity index (χ1n) is 9.31. The van der Waals surface area contributed by atoms with Gasteiger partial charge in [-0.3, -0.25) is 14.5 Å². The smallest absolute Gasteiger partial charge is 0.236 e. The fraction of sp³-hybridized carbons (Fsp3) is 0.579. The van der Waals surface area contributed by atoms with Crippen LogP contribution < -0.4 is 10.2 Å². The largest absolute Gasteiger partial charge is 0.368 e. The molecule has 3 aliphatic heterocycles. The zero-order valence-electron chi connectivity index (χ0n) is 14.6. The highest BCUT2D eigenvalue weighted by Crippen LogP contribution is 2.28. The van der Waals surface area contributed by atoms with Crippen molar-refractivity contribution in [3.05, 3.63) is 30.3 Å². The number of rotatable bonds is 3. The summed E-state index contributed by atoms with van der Waals surface area (Å²) in [6, 6.07) is 10.9. The van der Waals surface area contributed by atoms with Gasteiger partial charge >= 0.3 is 0 Å². The predicted octanol–water partition coefficient (Wildman–Crippen LogP) is 0.688. The first-order chi connectivity index (χ1) is 12.2. The number of hydrogen-bond acceptors (Lipinski definition) is 4. The van der Waals surface area contributed by atoms with Gasteiger partial charge in [0.1, 0.15) is 0 Å². The van der Waals surface area contributed by atoms with E-state index < -0.39 is 0 Å². The average molecular weight is 342 g/mol. The Balaban J connectivity index is 1.33. The summed E-state index contributed by atoms with van der Waals surface area (Å²) in [6.45, 7) is 4.44. The molecule has 0 aliphatic carbocycles. The molecule has 3 saturated heterocycles. The normalized spacial score (nSPS) is 27.1. The van der Waals surface area contributed by atoms with Gasteiger partial charge in [-0.2, -0.15) is 0 Å². The molecule has 2 bridgehead atoms. The highest BCUT2D eigenvalue weighted by atomic mass is 16.2. The van der Waals surface area contributed by atoms with Crippen LogP contribution in [0.15, 0.2) is 30.3 Å². The summed E-state index contributed by atoms with van der Waals surface area (Å²) < 4.78 is 0. The third kappa shape index (κ3) is 3.49. The quantitative estimate of drug-likeness (QED) is 0.878. The molecule has 4 rings (SSSR count). The molecule has 1 aromatic rings. The molecule has 134 valence electrons. The van der Waals surface area contributed by atoms with Crippen LogP contribution in [0.4, 0.5) is 5.69 Å². The number of fused-ring (bicyclic) bond motifs is 2. The molecule has 0 saturated carbocycles. The number of piperazine rings is 1. The second-order valence-electron chi connectivity index (χ2n) is 7.27. The van der Waals surface area contributed by atoms with Crippen LogP contribution in [-0.4, -0.2) is 73.0 Å². The van der Waals surface area contributed by atoms with E-state index in [1.807, 2.05) is 11.0 Å². The second kappa shape index (κ2) is 7.04. The van der Waals surface area contributed by atoms with Gasteiger partial charge in [-0.25, -0.2) is 0 Å². The molecule has 3 fully saturated rings. The minimum atomic E-state index is 0.126. The van der Waals surface area contributed by atoms with Crippen LogP contribution in [0.5, 0.6) is 0 Å². The monoisotopic (exact) mass is 342 g/mol. The van der Waals surface area contributed by atoms with Crippen molar-refractivity contribution in [2.75, 3.05) is 44.2 Å². The van der Waals surface area contributed by atoms with Gasteiger partial charge in [0, 0.05) is 56.9 Å². The summed E-state index contributed by atoms with van der Waals surface area (Å²) in [5.41, 5.74) is 1.23. The molecule has 25 heavy (non-hydrogen) atoms. The first kappa shape index (κ1) is 16.4. The summed E-state index contributed by atoms with van der Waals surface area (Å²) in [5.74, 6) is 0.333. The maximum atomic E-state index is 12.8. The Labute approximate surface area is 148 Å². The number of carbonyl (C=O) groups excluding carboxylic acids is 2. The Morgan fingerprint density at radius 2 is 1.76 bits per heavy atom. The maximum absolute atomic E-state index is 12.8. The van der Waals surface area contributed by atoms with E-state index in [2.05, 4.69) is 39.4 Å². The minimum absolute atomic E-state index is 0.126. The van der Waals surface area contributed by atoms with E-state index in [0.717, 1.165) is 39.0 Å². The first-order valence-corrected chi connectivity index (χ1v) is 9.31. The van der Waals surface area contributed by atoms with Gasteiger partial charge in [0.2, 0.25) is 11.8 Å². The molecule has 2 amide bonds. The Bertz CT molecular complexity index is 628. The zero-order valence-corrected chi connectivity index (χ0v) is 14.6.